The Morgan fingerprint density at radius 2 is 2.22 bits per heavy atom. The Morgan fingerprint density at radius 3 is 2.83 bits per heavy atom. The number of benzene rings is 1. The quantitative estimate of drug-likeness (QED) is 0.888. The zero-order chi connectivity index (χ0) is 13.2. The Labute approximate surface area is 107 Å². The van der Waals surface area contributed by atoms with Gasteiger partial charge in [0.25, 0.3) is 5.91 Å². The molecule has 2 rings (SSSR count). The average molecular weight is 268 g/mol. The van der Waals surface area contributed by atoms with Crippen molar-refractivity contribution >= 4 is 21.6 Å². The molecular formula is C12H16N2O3S. The number of nitrogens with one attached hydrogen (secondary N) is 1. The number of sulfonamides is 1. The Bertz CT molecular complexity index is 554. The van der Waals surface area contributed by atoms with Crippen LogP contribution in [0.15, 0.2) is 24.3 Å². The van der Waals surface area contributed by atoms with Gasteiger partial charge in [-0.25, -0.2) is 8.42 Å². The first-order valence-electron chi connectivity index (χ1n) is 5.93. The minimum absolute atomic E-state index is 0.179. The Kier molecular flexibility index (Phi) is 3.56. The van der Waals surface area contributed by atoms with Gasteiger partial charge in [0.1, 0.15) is 0 Å². The molecule has 1 saturated heterocycles. The molecule has 0 saturated carbocycles. The van der Waals surface area contributed by atoms with Crippen LogP contribution in [0.2, 0.25) is 0 Å². The topological polar surface area (TPSA) is 66.5 Å². The summed E-state index contributed by atoms with van der Waals surface area (Å²) in [5.41, 5.74) is 1.05. The normalized spacial score (nSPS) is 17.7. The lowest BCUT2D eigenvalue weighted by molar-refractivity contribution is 0.0956. The molecule has 0 radical (unpaired) electrons. The van der Waals surface area contributed by atoms with E-state index in [1.165, 1.54) is 4.31 Å². The molecule has 5 nitrogen and oxygen atoms in total. The van der Waals surface area contributed by atoms with Gasteiger partial charge in [-0.1, -0.05) is 6.07 Å². The lowest BCUT2D eigenvalue weighted by Crippen LogP contribution is -2.26. The molecule has 0 atom stereocenters. The predicted molar refractivity (Wildman–Crippen MR) is 70.2 cm³/mol. The summed E-state index contributed by atoms with van der Waals surface area (Å²) in [5, 5.41) is 2.69. The van der Waals surface area contributed by atoms with Crippen LogP contribution in [-0.4, -0.2) is 33.2 Å². The number of amides is 1. The van der Waals surface area contributed by atoms with Crippen LogP contribution in [0.3, 0.4) is 0 Å². The number of nitrogens with zero attached hydrogens (tertiary/aromatic N) is 1. The summed E-state index contributed by atoms with van der Waals surface area (Å²) in [6.45, 7) is 2.87. The van der Waals surface area contributed by atoms with E-state index in [9.17, 15) is 13.2 Å². The lowest BCUT2D eigenvalue weighted by atomic mass is 10.2. The van der Waals surface area contributed by atoms with Crippen molar-refractivity contribution < 1.29 is 13.2 Å². The van der Waals surface area contributed by atoms with Crippen molar-refractivity contribution in [3.05, 3.63) is 29.8 Å². The van der Waals surface area contributed by atoms with E-state index in [2.05, 4.69) is 5.32 Å². The maximum Gasteiger partial charge on any atom is 0.251 e. The molecule has 0 bridgehead atoms. The third-order valence-electron chi connectivity index (χ3n) is 2.83. The summed E-state index contributed by atoms with van der Waals surface area (Å²) in [6, 6.07) is 6.71. The largest absolute Gasteiger partial charge is 0.352 e. The van der Waals surface area contributed by atoms with E-state index in [4.69, 9.17) is 0 Å². The molecule has 1 amide bonds. The van der Waals surface area contributed by atoms with Gasteiger partial charge in [-0.3, -0.25) is 9.10 Å². The van der Waals surface area contributed by atoms with Crippen molar-refractivity contribution in [1.29, 1.82) is 0 Å². The van der Waals surface area contributed by atoms with Crippen molar-refractivity contribution in [2.45, 2.75) is 13.3 Å². The molecule has 1 aromatic carbocycles. The number of carbonyl (C=O) groups excluding carboxylic acids is 1. The molecule has 1 heterocycles. The predicted octanol–water partition coefficient (Wildman–Crippen LogP) is 0.976. The van der Waals surface area contributed by atoms with E-state index < -0.39 is 10.0 Å². The molecule has 18 heavy (non-hydrogen) atoms. The van der Waals surface area contributed by atoms with E-state index in [1.807, 2.05) is 6.92 Å². The van der Waals surface area contributed by atoms with Crippen LogP contribution in [-0.2, 0) is 10.0 Å². The summed E-state index contributed by atoms with van der Waals surface area (Å²) in [7, 11) is -3.19. The highest BCUT2D eigenvalue weighted by molar-refractivity contribution is 7.93. The van der Waals surface area contributed by atoms with Gasteiger partial charge in [-0.05, 0) is 31.5 Å². The highest BCUT2D eigenvalue weighted by atomic mass is 32.2. The number of hydrogen-bond donors (Lipinski definition) is 1. The maximum atomic E-state index is 11.8. The molecule has 0 unspecified atom stereocenters. The number of rotatable bonds is 3. The smallest absolute Gasteiger partial charge is 0.251 e. The van der Waals surface area contributed by atoms with Crippen molar-refractivity contribution in [3.8, 4) is 0 Å². The number of anilines is 1. The zero-order valence-electron chi connectivity index (χ0n) is 10.2. The SMILES string of the molecule is CCNC(=O)c1cccc(N2CCCS2(=O)=O)c1. The van der Waals surface area contributed by atoms with E-state index in [1.54, 1.807) is 24.3 Å². The Morgan fingerprint density at radius 1 is 1.44 bits per heavy atom. The van der Waals surface area contributed by atoms with Gasteiger partial charge >= 0.3 is 0 Å². The molecule has 98 valence electrons. The molecule has 0 aliphatic carbocycles. The molecule has 0 aromatic heterocycles. The fourth-order valence-corrected chi connectivity index (χ4v) is 3.55. The summed E-state index contributed by atoms with van der Waals surface area (Å²) in [4.78, 5) is 11.7. The van der Waals surface area contributed by atoms with E-state index in [0.717, 1.165) is 0 Å². The molecule has 1 aromatic rings. The summed E-state index contributed by atoms with van der Waals surface area (Å²) < 4.78 is 25.0. The number of carbonyl (C=O) groups is 1. The van der Waals surface area contributed by atoms with Crippen LogP contribution in [0.1, 0.15) is 23.7 Å². The van der Waals surface area contributed by atoms with E-state index >= 15 is 0 Å². The summed E-state index contributed by atoms with van der Waals surface area (Å²) in [5.74, 6) is -0.00536. The van der Waals surface area contributed by atoms with Crippen LogP contribution in [0.4, 0.5) is 5.69 Å². The van der Waals surface area contributed by atoms with Crippen LogP contribution in [0.25, 0.3) is 0 Å². The molecule has 1 aliphatic rings. The zero-order valence-corrected chi connectivity index (χ0v) is 11.0. The maximum absolute atomic E-state index is 11.8. The van der Waals surface area contributed by atoms with Crippen LogP contribution >= 0.6 is 0 Å². The van der Waals surface area contributed by atoms with Crippen LogP contribution in [0.5, 0.6) is 0 Å². The highest BCUT2D eigenvalue weighted by Crippen LogP contribution is 2.24. The minimum atomic E-state index is -3.19. The number of hydrogen-bond acceptors (Lipinski definition) is 3. The third-order valence-corrected chi connectivity index (χ3v) is 4.70. The van der Waals surface area contributed by atoms with Gasteiger partial charge < -0.3 is 5.32 Å². The van der Waals surface area contributed by atoms with Gasteiger partial charge in [0.05, 0.1) is 11.4 Å². The van der Waals surface area contributed by atoms with Crippen LogP contribution in [0, 0.1) is 0 Å². The lowest BCUT2D eigenvalue weighted by Gasteiger charge is -2.17. The Hall–Kier alpha value is -1.56. The fraction of sp³-hybridized carbons (Fsp3) is 0.417. The molecule has 1 aliphatic heterocycles. The Balaban J connectivity index is 2.30. The van der Waals surface area contributed by atoms with Gasteiger partial charge in [0, 0.05) is 18.7 Å². The first-order chi connectivity index (χ1) is 8.54. The standard InChI is InChI=1S/C12H16N2O3S/c1-2-13-12(15)10-5-3-6-11(9-10)14-7-4-8-18(14,16)17/h3,5-6,9H,2,4,7-8H2,1H3,(H,13,15). The third kappa shape index (κ3) is 2.48. The van der Waals surface area contributed by atoms with Crippen molar-refractivity contribution in [1.82, 2.24) is 5.32 Å². The van der Waals surface area contributed by atoms with E-state index in [0.29, 0.717) is 30.8 Å². The molecular weight excluding hydrogens is 252 g/mol. The molecule has 1 fully saturated rings. The molecule has 0 spiro atoms. The van der Waals surface area contributed by atoms with Gasteiger partial charge in [-0.2, -0.15) is 0 Å². The van der Waals surface area contributed by atoms with Gasteiger partial charge in [0.15, 0.2) is 0 Å². The van der Waals surface area contributed by atoms with Crippen molar-refractivity contribution in [2.24, 2.45) is 0 Å². The van der Waals surface area contributed by atoms with Crippen molar-refractivity contribution in [2.75, 3.05) is 23.1 Å². The van der Waals surface area contributed by atoms with Gasteiger partial charge in [0.2, 0.25) is 10.0 Å². The van der Waals surface area contributed by atoms with Gasteiger partial charge in [-0.15, -0.1) is 0 Å². The fourth-order valence-electron chi connectivity index (χ4n) is 1.99. The minimum Gasteiger partial charge on any atom is -0.352 e. The summed E-state index contributed by atoms with van der Waals surface area (Å²) >= 11 is 0. The second-order valence-electron chi connectivity index (χ2n) is 4.15. The average Bonchev–Trinajstić information content (AvgIpc) is 2.69. The monoisotopic (exact) mass is 268 g/mol. The van der Waals surface area contributed by atoms with Crippen molar-refractivity contribution in [3.63, 3.8) is 0 Å². The highest BCUT2D eigenvalue weighted by Gasteiger charge is 2.28. The summed E-state index contributed by atoms with van der Waals surface area (Å²) in [6.07, 6.45) is 0.633. The second kappa shape index (κ2) is 4.97. The van der Waals surface area contributed by atoms with Crippen LogP contribution < -0.4 is 9.62 Å². The molecule has 1 N–H and O–H groups in total. The second-order valence-corrected chi connectivity index (χ2v) is 6.16. The first kappa shape index (κ1) is 12.9. The van der Waals surface area contributed by atoms with E-state index in [-0.39, 0.29) is 11.7 Å². The first-order valence-corrected chi connectivity index (χ1v) is 7.54. The molecule has 6 heteroatoms.